The fourth-order valence-corrected chi connectivity index (χ4v) is 2.45. The summed E-state index contributed by atoms with van der Waals surface area (Å²) in [7, 11) is 1.66. The Labute approximate surface area is 114 Å². The molecule has 0 atom stereocenters. The molecule has 0 saturated heterocycles. The van der Waals surface area contributed by atoms with Gasteiger partial charge in [0.2, 0.25) is 0 Å². The maximum atomic E-state index is 11.7. The second-order valence-corrected chi connectivity index (χ2v) is 5.81. The van der Waals surface area contributed by atoms with Crippen LogP contribution >= 0.6 is 0 Å². The van der Waals surface area contributed by atoms with Crippen LogP contribution in [0.25, 0.3) is 6.08 Å². The van der Waals surface area contributed by atoms with Gasteiger partial charge in [-0.25, -0.2) is 0 Å². The third kappa shape index (κ3) is 3.82. The number of allylic oxidation sites excluding steroid dienone is 3. The third-order valence-electron chi connectivity index (χ3n) is 3.27. The van der Waals surface area contributed by atoms with Gasteiger partial charge in [-0.05, 0) is 41.2 Å². The maximum absolute atomic E-state index is 11.7. The van der Waals surface area contributed by atoms with Crippen LogP contribution in [0, 0.1) is 5.41 Å². The second kappa shape index (κ2) is 5.43. The quantitative estimate of drug-likeness (QED) is 0.816. The van der Waals surface area contributed by atoms with Gasteiger partial charge in [0.05, 0.1) is 7.11 Å². The van der Waals surface area contributed by atoms with Crippen LogP contribution in [0.1, 0.15) is 32.3 Å². The Kier molecular flexibility index (Phi) is 3.89. The Balaban J connectivity index is 2.16. The molecule has 1 aliphatic rings. The van der Waals surface area contributed by atoms with Crippen molar-refractivity contribution in [1.29, 1.82) is 0 Å². The van der Waals surface area contributed by atoms with Crippen LogP contribution in [-0.4, -0.2) is 12.9 Å². The molecule has 2 heteroatoms. The smallest absolute Gasteiger partial charge is 0.156 e. The minimum Gasteiger partial charge on any atom is -0.497 e. The number of hydrogen-bond acceptors (Lipinski definition) is 2. The zero-order valence-corrected chi connectivity index (χ0v) is 11.8. The highest BCUT2D eigenvalue weighted by molar-refractivity contribution is 5.92. The zero-order chi connectivity index (χ0) is 13.9. The highest BCUT2D eigenvalue weighted by Crippen LogP contribution is 2.34. The predicted molar refractivity (Wildman–Crippen MR) is 78.1 cm³/mol. The van der Waals surface area contributed by atoms with Gasteiger partial charge in [-0.1, -0.05) is 38.1 Å². The summed E-state index contributed by atoms with van der Waals surface area (Å²) in [6.07, 6.45) is 7.42. The number of ketones is 1. The molecule has 100 valence electrons. The van der Waals surface area contributed by atoms with E-state index >= 15 is 0 Å². The van der Waals surface area contributed by atoms with E-state index in [4.69, 9.17) is 4.74 Å². The molecule has 1 aromatic rings. The first-order valence-electron chi connectivity index (χ1n) is 6.54. The van der Waals surface area contributed by atoms with Crippen LogP contribution in [0.5, 0.6) is 5.75 Å². The summed E-state index contributed by atoms with van der Waals surface area (Å²) in [5.74, 6) is 1.07. The lowest BCUT2D eigenvalue weighted by Gasteiger charge is -2.27. The van der Waals surface area contributed by atoms with E-state index in [0.717, 1.165) is 23.3 Å². The molecule has 0 radical (unpaired) electrons. The summed E-state index contributed by atoms with van der Waals surface area (Å²) in [6.45, 7) is 4.27. The zero-order valence-electron chi connectivity index (χ0n) is 11.8. The van der Waals surface area contributed by atoms with Crippen molar-refractivity contribution in [2.45, 2.75) is 26.7 Å². The van der Waals surface area contributed by atoms with E-state index in [2.05, 4.69) is 13.8 Å². The molecule has 0 aliphatic heterocycles. The fourth-order valence-electron chi connectivity index (χ4n) is 2.45. The molecular weight excluding hydrogens is 236 g/mol. The van der Waals surface area contributed by atoms with Gasteiger partial charge >= 0.3 is 0 Å². The number of benzene rings is 1. The van der Waals surface area contributed by atoms with Gasteiger partial charge in [0.15, 0.2) is 5.78 Å². The van der Waals surface area contributed by atoms with Gasteiger partial charge < -0.3 is 4.74 Å². The number of ether oxygens (including phenoxy) is 1. The number of carbonyl (C=O) groups excluding carboxylic acids is 1. The van der Waals surface area contributed by atoms with Crippen LogP contribution in [0.4, 0.5) is 0 Å². The first-order valence-corrected chi connectivity index (χ1v) is 6.54. The average Bonchev–Trinajstić information content (AvgIpc) is 2.34. The molecule has 0 saturated carbocycles. The van der Waals surface area contributed by atoms with Crippen LogP contribution in [0.15, 0.2) is 42.0 Å². The first-order chi connectivity index (χ1) is 8.98. The van der Waals surface area contributed by atoms with Crippen molar-refractivity contribution >= 4 is 11.9 Å². The Hall–Kier alpha value is -1.83. The summed E-state index contributed by atoms with van der Waals surface area (Å²) in [4.78, 5) is 11.7. The summed E-state index contributed by atoms with van der Waals surface area (Å²) < 4.78 is 5.19. The van der Waals surface area contributed by atoms with E-state index in [-0.39, 0.29) is 11.2 Å². The van der Waals surface area contributed by atoms with Crippen molar-refractivity contribution in [3.8, 4) is 5.75 Å². The average molecular weight is 256 g/mol. The predicted octanol–water partition coefficient (Wildman–Crippen LogP) is 4.02. The van der Waals surface area contributed by atoms with Crippen LogP contribution in [-0.2, 0) is 4.79 Å². The summed E-state index contributed by atoms with van der Waals surface area (Å²) in [5, 5.41) is 0. The molecule has 1 aliphatic carbocycles. The summed E-state index contributed by atoms with van der Waals surface area (Å²) in [5.41, 5.74) is 2.25. The molecule has 1 aromatic carbocycles. The molecule has 19 heavy (non-hydrogen) atoms. The van der Waals surface area contributed by atoms with Crippen molar-refractivity contribution < 1.29 is 9.53 Å². The maximum Gasteiger partial charge on any atom is 0.156 e. The monoisotopic (exact) mass is 256 g/mol. The number of carbonyl (C=O) groups is 1. The van der Waals surface area contributed by atoms with E-state index in [1.807, 2.05) is 36.4 Å². The summed E-state index contributed by atoms with van der Waals surface area (Å²) in [6, 6.07) is 7.88. The highest BCUT2D eigenvalue weighted by atomic mass is 16.5. The molecule has 0 heterocycles. The van der Waals surface area contributed by atoms with Gasteiger partial charge in [-0.15, -0.1) is 0 Å². The fraction of sp³-hybridized carbons (Fsp3) is 0.353. The van der Waals surface area contributed by atoms with Gasteiger partial charge in [0.25, 0.3) is 0 Å². The molecule has 0 spiro atoms. The van der Waals surface area contributed by atoms with Crippen molar-refractivity contribution in [1.82, 2.24) is 0 Å². The lowest BCUT2D eigenvalue weighted by Crippen LogP contribution is -2.21. The largest absolute Gasteiger partial charge is 0.497 e. The van der Waals surface area contributed by atoms with Crippen LogP contribution < -0.4 is 4.74 Å². The number of hydrogen-bond donors (Lipinski definition) is 0. The molecule has 0 amide bonds. The van der Waals surface area contributed by atoms with Crippen molar-refractivity contribution in [2.75, 3.05) is 7.11 Å². The standard InChI is InChI=1S/C17H20O2/c1-17(2)11-14(9-15(18)12-17)8-7-13-5-4-6-16(10-13)19-3/h4-10H,11-12H2,1-3H3/b8-7+. The van der Waals surface area contributed by atoms with E-state index < -0.39 is 0 Å². The van der Waals surface area contributed by atoms with E-state index in [1.54, 1.807) is 13.2 Å². The van der Waals surface area contributed by atoms with Crippen LogP contribution in [0.2, 0.25) is 0 Å². The lowest BCUT2D eigenvalue weighted by molar-refractivity contribution is -0.116. The molecule has 0 unspecified atom stereocenters. The Morgan fingerprint density at radius 1 is 1.21 bits per heavy atom. The van der Waals surface area contributed by atoms with Gasteiger partial charge in [0, 0.05) is 6.42 Å². The van der Waals surface area contributed by atoms with Gasteiger partial charge in [0.1, 0.15) is 5.75 Å². The third-order valence-corrected chi connectivity index (χ3v) is 3.27. The second-order valence-electron chi connectivity index (χ2n) is 5.81. The molecular formula is C17H20O2. The Bertz CT molecular complexity index is 536. The highest BCUT2D eigenvalue weighted by Gasteiger charge is 2.26. The van der Waals surface area contributed by atoms with Gasteiger partial charge in [-0.3, -0.25) is 4.79 Å². The Morgan fingerprint density at radius 3 is 2.68 bits per heavy atom. The molecule has 0 aromatic heterocycles. The SMILES string of the molecule is COc1cccc(/C=C/C2=CC(=O)CC(C)(C)C2)c1. The van der Waals surface area contributed by atoms with Crippen molar-refractivity contribution in [3.63, 3.8) is 0 Å². The Morgan fingerprint density at radius 2 is 2.00 bits per heavy atom. The van der Waals surface area contributed by atoms with Crippen molar-refractivity contribution in [2.24, 2.45) is 5.41 Å². The van der Waals surface area contributed by atoms with Gasteiger partial charge in [-0.2, -0.15) is 0 Å². The van der Waals surface area contributed by atoms with E-state index in [1.165, 1.54) is 0 Å². The lowest BCUT2D eigenvalue weighted by atomic mass is 9.77. The number of methoxy groups -OCH3 is 1. The minimum absolute atomic E-state index is 0.0693. The van der Waals surface area contributed by atoms with Crippen molar-refractivity contribution in [3.05, 3.63) is 47.6 Å². The first kappa shape index (κ1) is 13.6. The molecule has 0 bridgehead atoms. The topological polar surface area (TPSA) is 26.3 Å². The molecule has 0 N–H and O–H groups in total. The molecule has 0 fully saturated rings. The normalized spacial score (nSPS) is 18.5. The summed E-state index contributed by atoms with van der Waals surface area (Å²) >= 11 is 0. The van der Waals surface area contributed by atoms with Crippen LogP contribution in [0.3, 0.4) is 0 Å². The van der Waals surface area contributed by atoms with E-state index in [0.29, 0.717) is 6.42 Å². The number of rotatable bonds is 3. The van der Waals surface area contributed by atoms with E-state index in [9.17, 15) is 4.79 Å². The molecule has 2 nitrogen and oxygen atoms in total. The minimum atomic E-state index is 0.0693. The molecule has 2 rings (SSSR count).